The second-order valence-corrected chi connectivity index (χ2v) is 7.52. The molecule has 5 rings (SSSR count). The minimum absolute atomic E-state index is 0.347. The molecule has 4 aromatic rings. The number of tetrazole rings is 1. The minimum atomic E-state index is -0.511. The lowest BCUT2D eigenvalue weighted by molar-refractivity contribution is 0.567. The van der Waals surface area contributed by atoms with Gasteiger partial charge in [0.15, 0.2) is 0 Å². The average Bonchev–Trinajstić information content (AvgIpc) is 3.17. The number of H-pyrrole nitrogens is 1. The molecule has 0 saturated heterocycles. The van der Waals surface area contributed by atoms with Gasteiger partial charge in [-0.25, -0.2) is 5.10 Å². The van der Waals surface area contributed by atoms with Crippen molar-refractivity contribution in [2.75, 3.05) is 5.32 Å². The largest absolute Gasteiger partial charge is 0.318 e. The molecule has 1 atom stereocenters. The van der Waals surface area contributed by atoms with Gasteiger partial charge in [-0.1, -0.05) is 63.0 Å². The number of aromatic nitrogens is 6. The maximum atomic E-state index is 12.6. The number of hydrogen-bond donors (Lipinski definition) is 2. The van der Waals surface area contributed by atoms with Crippen molar-refractivity contribution in [1.82, 2.24) is 30.4 Å². The highest BCUT2D eigenvalue weighted by Gasteiger charge is 2.35. The van der Waals surface area contributed by atoms with E-state index in [1.54, 1.807) is 10.7 Å². The Bertz CT molecular complexity index is 1250. The molecule has 2 aromatic carbocycles. The van der Waals surface area contributed by atoms with E-state index in [1.165, 1.54) is 0 Å². The summed E-state index contributed by atoms with van der Waals surface area (Å²) in [5, 5.41) is 22.3. The monoisotopic (exact) mass is 455 g/mol. The lowest BCUT2D eigenvalue weighted by Crippen LogP contribution is -2.29. The van der Waals surface area contributed by atoms with Gasteiger partial charge in [0.1, 0.15) is 11.7 Å². The molecule has 1 aliphatic heterocycles. The topological polar surface area (TPSA) is 101 Å². The molecule has 0 bridgehead atoms. The van der Waals surface area contributed by atoms with Crippen LogP contribution in [0.15, 0.2) is 57.8 Å². The van der Waals surface area contributed by atoms with Gasteiger partial charge in [0.05, 0.1) is 5.69 Å². The number of fused-ring (bicyclic) bond motifs is 2. The highest BCUT2D eigenvalue weighted by Crippen LogP contribution is 2.42. The standard InChI is InChI=1S/C18H11BrClN7O/c19-10-7-5-9(6-8-10)14-13-15(17(28)23-22-14)21-18-24-25-26-27(18)16(13)11-3-1-2-4-12(11)20/h1-8,16H,(H,23,28)(H,21,24,26). The van der Waals surface area contributed by atoms with E-state index in [9.17, 15) is 4.79 Å². The van der Waals surface area contributed by atoms with Crippen LogP contribution in [0.1, 0.15) is 17.2 Å². The van der Waals surface area contributed by atoms with Gasteiger partial charge in [0.25, 0.3) is 5.56 Å². The SMILES string of the molecule is O=c1[nH]nc(-c2ccc(Br)cc2)c2c1Nc1nnnn1C2c1ccccc1Cl. The van der Waals surface area contributed by atoms with Gasteiger partial charge < -0.3 is 5.32 Å². The van der Waals surface area contributed by atoms with Crippen LogP contribution >= 0.6 is 27.5 Å². The Labute approximate surface area is 171 Å². The first-order valence-electron chi connectivity index (χ1n) is 8.31. The van der Waals surface area contributed by atoms with Gasteiger partial charge >= 0.3 is 0 Å². The Hall–Kier alpha value is -3.04. The van der Waals surface area contributed by atoms with E-state index >= 15 is 0 Å². The lowest BCUT2D eigenvalue weighted by Gasteiger charge is -2.28. The van der Waals surface area contributed by atoms with Gasteiger partial charge in [-0.2, -0.15) is 9.78 Å². The van der Waals surface area contributed by atoms with Crippen LogP contribution in [0.25, 0.3) is 11.3 Å². The molecular formula is C18H11BrClN7O. The van der Waals surface area contributed by atoms with Crippen molar-refractivity contribution in [3.63, 3.8) is 0 Å². The molecule has 0 spiro atoms. The first-order valence-corrected chi connectivity index (χ1v) is 9.48. The van der Waals surface area contributed by atoms with Crippen molar-refractivity contribution in [3.8, 4) is 11.3 Å². The summed E-state index contributed by atoms with van der Waals surface area (Å²) in [5.74, 6) is 0.357. The van der Waals surface area contributed by atoms with Crippen molar-refractivity contribution >= 4 is 39.2 Å². The fourth-order valence-corrected chi connectivity index (χ4v) is 3.85. The lowest BCUT2D eigenvalue weighted by atomic mass is 9.92. The van der Waals surface area contributed by atoms with Crippen molar-refractivity contribution in [1.29, 1.82) is 0 Å². The fourth-order valence-electron chi connectivity index (χ4n) is 3.35. The predicted molar refractivity (Wildman–Crippen MR) is 108 cm³/mol. The zero-order chi connectivity index (χ0) is 19.3. The number of halogens is 2. The first kappa shape index (κ1) is 17.1. The third-order valence-electron chi connectivity index (χ3n) is 4.59. The van der Waals surface area contributed by atoms with Gasteiger partial charge in [-0.05, 0) is 28.6 Å². The fraction of sp³-hybridized carbons (Fsp3) is 0.0556. The number of aromatic amines is 1. The van der Waals surface area contributed by atoms with E-state index in [0.717, 1.165) is 15.6 Å². The summed E-state index contributed by atoms with van der Waals surface area (Å²) >= 11 is 9.94. The predicted octanol–water partition coefficient (Wildman–Crippen LogP) is 3.53. The van der Waals surface area contributed by atoms with E-state index in [4.69, 9.17) is 11.6 Å². The molecule has 2 N–H and O–H groups in total. The van der Waals surface area contributed by atoms with Crippen LogP contribution in [0.3, 0.4) is 0 Å². The maximum Gasteiger partial charge on any atom is 0.288 e. The molecule has 2 aromatic heterocycles. The Morgan fingerprint density at radius 1 is 1.11 bits per heavy atom. The van der Waals surface area contributed by atoms with Gasteiger partial charge in [-0.15, -0.1) is 0 Å². The molecular weight excluding hydrogens is 446 g/mol. The second kappa shape index (κ2) is 6.54. The van der Waals surface area contributed by atoms with Crippen molar-refractivity contribution in [3.05, 3.63) is 79.5 Å². The van der Waals surface area contributed by atoms with Crippen LogP contribution in [0.2, 0.25) is 5.02 Å². The van der Waals surface area contributed by atoms with E-state index < -0.39 is 6.04 Å². The third-order valence-corrected chi connectivity index (χ3v) is 5.46. The second-order valence-electron chi connectivity index (χ2n) is 6.19. The Balaban J connectivity index is 1.84. The van der Waals surface area contributed by atoms with Gasteiger partial charge in [-0.3, -0.25) is 4.79 Å². The molecule has 10 heteroatoms. The normalized spacial score (nSPS) is 14.9. The summed E-state index contributed by atoms with van der Waals surface area (Å²) < 4.78 is 2.55. The first-order chi connectivity index (χ1) is 13.6. The van der Waals surface area contributed by atoms with E-state index in [1.807, 2.05) is 42.5 Å². The van der Waals surface area contributed by atoms with Crippen LogP contribution < -0.4 is 10.9 Å². The molecule has 1 unspecified atom stereocenters. The molecule has 0 radical (unpaired) electrons. The summed E-state index contributed by atoms with van der Waals surface area (Å²) in [4.78, 5) is 12.6. The Morgan fingerprint density at radius 2 is 1.89 bits per heavy atom. The number of nitrogens with one attached hydrogen (secondary N) is 2. The molecule has 0 aliphatic carbocycles. The zero-order valence-corrected chi connectivity index (χ0v) is 16.4. The van der Waals surface area contributed by atoms with Crippen molar-refractivity contribution in [2.45, 2.75) is 6.04 Å². The van der Waals surface area contributed by atoms with E-state index in [2.05, 4.69) is 47.0 Å². The van der Waals surface area contributed by atoms with Gasteiger partial charge in [0, 0.05) is 26.2 Å². The zero-order valence-electron chi connectivity index (χ0n) is 14.1. The molecule has 0 fully saturated rings. The molecule has 0 amide bonds. The van der Waals surface area contributed by atoms with Crippen molar-refractivity contribution < 1.29 is 0 Å². The van der Waals surface area contributed by atoms with Crippen LogP contribution in [-0.2, 0) is 0 Å². The summed E-state index contributed by atoms with van der Waals surface area (Å²) in [6, 6.07) is 14.6. The highest BCUT2D eigenvalue weighted by atomic mass is 79.9. The maximum absolute atomic E-state index is 12.6. The number of nitrogens with zero attached hydrogens (tertiary/aromatic N) is 5. The Morgan fingerprint density at radius 3 is 2.68 bits per heavy atom. The summed E-state index contributed by atoms with van der Waals surface area (Å²) in [5.41, 5.74) is 2.86. The Kier molecular flexibility index (Phi) is 3.99. The molecule has 138 valence electrons. The van der Waals surface area contributed by atoms with Crippen LogP contribution in [-0.4, -0.2) is 30.4 Å². The number of rotatable bonds is 2. The number of hydrogen-bond acceptors (Lipinski definition) is 6. The summed E-state index contributed by atoms with van der Waals surface area (Å²) in [6.07, 6.45) is 0. The average molecular weight is 457 g/mol. The number of anilines is 2. The van der Waals surface area contributed by atoms with Gasteiger partial charge in [0.2, 0.25) is 5.95 Å². The number of benzene rings is 2. The molecule has 0 saturated carbocycles. The van der Waals surface area contributed by atoms with Crippen LogP contribution in [0.4, 0.5) is 11.6 Å². The molecule has 1 aliphatic rings. The summed E-state index contributed by atoms with van der Waals surface area (Å²) in [6.45, 7) is 0. The van der Waals surface area contributed by atoms with Crippen molar-refractivity contribution in [2.24, 2.45) is 0 Å². The molecule has 3 heterocycles. The third kappa shape index (κ3) is 2.62. The quantitative estimate of drug-likeness (QED) is 0.421. The molecule has 8 nitrogen and oxygen atoms in total. The van der Waals surface area contributed by atoms with Crippen LogP contribution in [0.5, 0.6) is 0 Å². The smallest absolute Gasteiger partial charge is 0.288 e. The summed E-state index contributed by atoms with van der Waals surface area (Å²) in [7, 11) is 0. The minimum Gasteiger partial charge on any atom is -0.318 e. The highest BCUT2D eigenvalue weighted by molar-refractivity contribution is 9.10. The van der Waals surface area contributed by atoms with E-state index in [-0.39, 0.29) is 5.56 Å². The molecule has 28 heavy (non-hydrogen) atoms. The van der Waals surface area contributed by atoms with Crippen LogP contribution in [0, 0.1) is 0 Å². The van der Waals surface area contributed by atoms with E-state index in [0.29, 0.717) is 27.9 Å².